The molecule has 19 heavy (non-hydrogen) atoms. The standard InChI is InChI=1S/C15H24N2O2/c1-19-15-7-6-12(9-17-15)8-16-10-13-4-2-3-5-14(13)11-18/h6-7,9,13-14,16,18H,2-5,8,10-11H2,1H3. The maximum absolute atomic E-state index is 9.38. The molecular weight excluding hydrogens is 240 g/mol. The zero-order valence-electron chi connectivity index (χ0n) is 11.6. The van der Waals surface area contributed by atoms with Crippen LogP contribution in [0.2, 0.25) is 0 Å². The van der Waals surface area contributed by atoms with Crippen LogP contribution >= 0.6 is 0 Å². The van der Waals surface area contributed by atoms with E-state index in [2.05, 4.69) is 10.3 Å². The van der Waals surface area contributed by atoms with Gasteiger partial charge in [-0.1, -0.05) is 18.9 Å². The van der Waals surface area contributed by atoms with Gasteiger partial charge in [0.05, 0.1) is 7.11 Å². The van der Waals surface area contributed by atoms with Crippen molar-refractivity contribution in [3.8, 4) is 5.88 Å². The molecule has 0 aliphatic heterocycles. The van der Waals surface area contributed by atoms with Gasteiger partial charge in [-0.2, -0.15) is 0 Å². The lowest BCUT2D eigenvalue weighted by molar-refractivity contribution is 0.133. The summed E-state index contributed by atoms with van der Waals surface area (Å²) in [7, 11) is 1.62. The first-order valence-electron chi connectivity index (χ1n) is 7.14. The molecule has 0 saturated heterocycles. The number of methoxy groups -OCH3 is 1. The topological polar surface area (TPSA) is 54.4 Å². The van der Waals surface area contributed by atoms with E-state index in [-0.39, 0.29) is 0 Å². The van der Waals surface area contributed by atoms with Crippen molar-refractivity contribution >= 4 is 0 Å². The first-order valence-corrected chi connectivity index (χ1v) is 7.14. The number of pyridine rings is 1. The molecular formula is C15H24N2O2. The van der Waals surface area contributed by atoms with Crippen molar-refractivity contribution in [1.29, 1.82) is 0 Å². The van der Waals surface area contributed by atoms with E-state index in [1.165, 1.54) is 25.7 Å². The molecule has 0 radical (unpaired) electrons. The summed E-state index contributed by atoms with van der Waals surface area (Å²) >= 11 is 0. The third-order valence-corrected chi connectivity index (χ3v) is 4.04. The molecule has 1 heterocycles. The number of ether oxygens (including phenoxy) is 1. The molecule has 4 nitrogen and oxygen atoms in total. The smallest absolute Gasteiger partial charge is 0.212 e. The molecule has 0 bridgehead atoms. The van der Waals surface area contributed by atoms with Gasteiger partial charge in [-0.25, -0.2) is 4.98 Å². The number of aromatic nitrogens is 1. The molecule has 1 aliphatic rings. The highest BCUT2D eigenvalue weighted by Gasteiger charge is 2.23. The van der Waals surface area contributed by atoms with E-state index in [1.807, 2.05) is 18.3 Å². The zero-order valence-corrected chi connectivity index (χ0v) is 11.6. The van der Waals surface area contributed by atoms with Crippen molar-refractivity contribution < 1.29 is 9.84 Å². The Morgan fingerprint density at radius 2 is 2.11 bits per heavy atom. The van der Waals surface area contributed by atoms with Gasteiger partial charge in [-0.05, 0) is 36.8 Å². The average Bonchev–Trinajstić information content (AvgIpc) is 2.48. The number of nitrogens with one attached hydrogen (secondary N) is 1. The fourth-order valence-electron chi connectivity index (χ4n) is 2.83. The predicted octanol–water partition coefficient (Wildman–Crippen LogP) is 1.98. The second-order valence-electron chi connectivity index (χ2n) is 5.33. The molecule has 4 heteroatoms. The summed E-state index contributed by atoms with van der Waals surface area (Å²) in [6.07, 6.45) is 6.82. The van der Waals surface area contributed by atoms with Crippen LogP contribution in [0.4, 0.5) is 0 Å². The molecule has 106 valence electrons. The number of aliphatic hydroxyl groups is 1. The van der Waals surface area contributed by atoms with Gasteiger partial charge in [0.15, 0.2) is 0 Å². The Labute approximate surface area is 115 Å². The Morgan fingerprint density at radius 1 is 1.32 bits per heavy atom. The van der Waals surface area contributed by atoms with Crippen LogP contribution in [0.3, 0.4) is 0 Å². The predicted molar refractivity (Wildman–Crippen MR) is 75.0 cm³/mol. The minimum absolute atomic E-state index is 0.330. The minimum atomic E-state index is 0.330. The average molecular weight is 264 g/mol. The summed E-state index contributed by atoms with van der Waals surface area (Å²) in [6, 6.07) is 3.91. The number of rotatable bonds is 6. The summed E-state index contributed by atoms with van der Waals surface area (Å²) in [5, 5.41) is 12.9. The molecule has 1 aromatic rings. The summed E-state index contributed by atoms with van der Waals surface area (Å²) in [4.78, 5) is 4.19. The third kappa shape index (κ3) is 4.18. The summed E-state index contributed by atoms with van der Waals surface area (Å²) in [5.74, 6) is 1.75. The lowest BCUT2D eigenvalue weighted by Crippen LogP contribution is -2.32. The summed E-state index contributed by atoms with van der Waals surface area (Å²) < 4.78 is 5.04. The highest BCUT2D eigenvalue weighted by atomic mass is 16.5. The van der Waals surface area contributed by atoms with Gasteiger partial charge in [0.1, 0.15) is 0 Å². The molecule has 1 saturated carbocycles. The Bertz CT molecular complexity index is 367. The van der Waals surface area contributed by atoms with Gasteiger partial charge >= 0.3 is 0 Å². The third-order valence-electron chi connectivity index (χ3n) is 4.04. The van der Waals surface area contributed by atoms with Gasteiger partial charge in [0.2, 0.25) is 5.88 Å². The molecule has 2 rings (SSSR count). The summed E-state index contributed by atoms with van der Waals surface area (Å²) in [5.41, 5.74) is 1.16. The number of aliphatic hydroxyl groups excluding tert-OH is 1. The highest BCUT2D eigenvalue weighted by Crippen LogP contribution is 2.29. The molecule has 0 aromatic carbocycles. The van der Waals surface area contributed by atoms with Gasteiger partial charge in [-0.15, -0.1) is 0 Å². The van der Waals surface area contributed by atoms with E-state index in [4.69, 9.17) is 4.74 Å². The van der Waals surface area contributed by atoms with Crippen LogP contribution in [0.25, 0.3) is 0 Å². The summed E-state index contributed by atoms with van der Waals surface area (Å²) in [6.45, 7) is 2.14. The van der Waals surface area contributed by atoms with Gasteiger partial charge < -0.3 is 15.2 Å². The molecule has 1 aliphatic carbocycles. The van der Waals surface area contributed by atoms with Gasteiger partial charge in [-0.3, -0.25) is 0 Å². The minimum Gasteiger partial charge on any atom is -0.481 e. The van der Waals surface area contributed by atoms with E-state index >= 15 is 0 Å². The molecule has 1 aromatic heterocycles. The van der Waals surface area contributed by atoms with Crippen LogP contribution in [0.5, 0.6) is 5.88 Å². The van der Waals surface area contributed by atoms with Crippen LogP contribution in [-0.4, -0.2) is 30.4 Å². The van der Waals surface area contributed by atoms with Crippen LogP contribution in [0, 0.1) is 11.8 Å². The largest absolute Gasteiger partial charge is 0.481 e. The highest BCUT2D eigenvalue weighted by molar-refractivity contribution is 5.17. The van der Waals surface area contributed by atoms with Crippen LogP contribution < -0.4 is 10.1 Å². The number of hydrogen-bond acceptors (Lipinski definition) is 4. The molecule has 2 N–H and O–H groups in total. The zero-order chi connectivity index (χ0) is 13.5. The van der Waals surface area contributed by atoms with E-state index in [0.29, 0.717) is 24.3 Å². The van der Waals surface area contributed by atoms with Crippen molar-refractivity contribution in [2.45, 2.75) is 32.2 Å². The maximum Gasteiger partial charge on any atom is 0.212 e. The monoisotopic (exact) mass is 264 g/mol. The second-order valence-corrected chi connectivity index (χ2v) is 5.33. The van der Waals surface area contributed by atoms with E-state index in [9.17, 15) is 5.11 Å². The Morgan fingerprint density at radius 3 is 2.74 bits per heavy atom. The fraction of sp³-hybridized carbons (Fsp3) is 0.667. The second kappa shape index (κ2) is 7.46. The maximum atomic E-state index is 9.38. The SMILES string of the molecule is COc1ccc(CNCC2CCCCC2CO)cn1. The molecule has 2 atom stereocenters. The lowest BCUT2D eigenvalue weighted by Gasteiger charge is -2.30. The lowest BCUT2D eigenvalue weighted by atomic mass is 9.79. The van der Waals surface area contributed by atoms with Crippen molar-refractivity contribution in [3.63, 3.8) is 0 Å². The Balaban J connectivity index is 1.75. The Hall–Kier alpha value is -1.13. The number of nitrogens with zero attached hydrogens (tertiary/aromatic N) is 1. The van der Waals surface area contributed by atoms with E-state index < -0.39 is 0 Å². The molecule has 0 spiro atoms. The van der Waals surface area contributed by atoms with Gasteiger partial charge in [0.25, 0.3) is 0 Å². The van der Waals surface area contributed by atoms with Crippen LogP contribution in [0.1, 0.15) is 31.2 Å². The molecule has 0 amide bonds. The fourth-order valence-corrected chi connectivity index (χ4v) is 2.83. The molecule has 1 fully saturated rings. The molecule has 2 unspecified atom stereocenters. The van der Waals surface area contributed by atoms with Gasteiger partial charge in [0, 0.05) is 25.4 Å². The quantitative estimate of drug-likeness (QED) is 0.825. The van der Waals surface area contributed by atoms with E-state index in [0.717, 1.165) is 18.7 Å². The van der Waals surface area contributed by atoms with Crippen molar-refractivity contribution in [2.75, 3.05) is 20.3 Å². The van der Waals surface area contributed by atoms with E-state index in [1.54, 1.807) is 7.11 Å². The van der Waals surface area contributed by atoms with Crippen molar-refractivity contribution in [2.24, 2.45) is 11.8 Å². The first-order chi connectivity index (χ1) is 9.33. The van der Waals surface area contributed by atoms with Crippen molar-refractivity contribution in [3.05, 3.63) is 23.9 Å². The first kappa shape index (κ1) is 14.3. The van der Waals surface area contributed by atoms with Crippen molar-refractivity contribution in [1.82, 2.24) is 10.3 Å². The normalized spacial score (nSPS) is 23.3. The van der Waals surface area contributed by atoms with Crippen LogP contribution in [-0.2, 0) is 6.54 Å². The number of hydrogen-bond donors (Lipinski definition) is 2. The Kier molecular flexibility index (Phi) is 5.61. The van der Waals surface area contributed by atoms with Crippen LogP contribution in [0.15, 0.2) is 18.3 Å².